The molecule has 0 radical (unpaired) electrons. The largest absolute Gasteiger partial charge is 0.397 e. The van der Waals surface area contributed by atoms with Gasteiger partial charge in [0.05, 0.1) is 25.4 Å². The maximum absolute atomic E-state index is 13.2. The smallest absolute Gasteiger partial charge is 0.394 e. The summed E-state index contributed by atoms with van der Waals surface area (Å²) in [6.45, 7) is 3.24. The van der Waals surface area contributed by atoms with Crippen molar-refractivity contribution in [1.29, 1.82) is 0 Å². The van der Waals surface area contributed by atoms with Crippen molar-refractivity contribution in [2.24, 2.45) is 0 Å². The van der Waals surface area contributed by atoms with E-state index < -0.39 is 78.5 Å². The maximum Gasteiger partial charge on any atom is 0.397 e. The molecule has 8 unspecified atom stereocenters. The summed E-state index contributed by atoms with van der Waals surface area (Å²) in [7, 11) is -5.12. The highest BCUT2D eigenvalue weighted by Crippen LogP contribution is 2.26. The predicted molar refractivity (Wildman–Crippen MR) is 261 cm³/mol. The van der Waals surface area contributed by atoms with E-state index in [1.807, 2.05) is 6.08 Å². The number of hydrogen-bond donors (Lipinski definition) is 7. The van der Waals surface area contributed by atoms with Crippen LogP contribution in [0.15, 0.2) is 24.3 Å². The highest BCUT2D eigenvalue weighted by atomic mass is 32.3. The Balaban J connectivity index is 2.51. The number of hydrogen-bond acceptors (Lipinski definition) is 11. The fraction of sp³-hybridized carbons (Fsp3) is 0.902. The van der Waals surface area contributed by atoms with Crippen molar-refractivity contribution < 1.29 is 57.0 Å². The minimum atomic E-state index is -5.12. The topological polar surface area (TPSA) is 212 Å². The van der Waals surface area contributed by atoms with Crippen LogP contribution in [0, 0.1) is 0 Å². The van der Waals surface area contributed by atoms with Gasteiger partial charge in [0.2, 0.25) is 5.91 Å². The molecule has 384 valence electrons. The van der Waals surface area contributed by atoms with Crippen LogP contribution in [0.25, 0.3) is 0 Å². The number of allylic oxidation sites excluding steroid dienone is 3. The molecule has 0 aliphatic carbocycles. The fourth-order valence-electron chi connectivity index (χ4n) is 8.40. The zero-order chi connectivity index (χ0) is 47.8. The highest BCUT2D eigenvalue weighted by Gasteiger charge is 2.48. The van der Waals surface area contributed by atoms with Crippen LogP contribution < -0.4 is 5.32 Å². The van der Waals surface area contributed by atoms with Gasteiger partial charge in [-0.15, -0.1) is 0 Å². The first-order valence-electron chi connectivity index (χ1n) is 26.3. The molecule has 0 aromatic carbocycles. The van der Waals surface area contributed by atoms with Gasteiger partial charge in [-0.05, 0) is 44.9 Å². The van der Waals surface area contributed by atoms with Crippen molar-refractivity contribution >= 4 is 16.3 Å². The normalized spacial score (nSPS) is 20.8. The van der Waals surface area contributed by atoms with Crippen LogP contribution in [0.3, 0.4) is 0 Å². The lowest BCUT2D eigenvalue weighted by atomic mass is 9.99. The Morgan fingerprint density at radius 3 is 1.43 bits per heavy atom. The number of carbonyl (C=O) groups excluding carboxylic acids is 1. The van der Waals surface area contributed by atoms with Crippen molar-refractivity contribution in [3.05, 3.63) is 24.3 Å². The van der Waals surface area contributed by atoms with Gasteiger partial charge >= 0.3 is 10.4 Å². The number of aliphatic hydroxyl groups is 5. The van der Waals surface area contributed by atoms with Crippen LogP contribution in [-0.4, -0.2) is 107 Å². The third-order valence-corrected chi connectivity index (χ3v) is 13.0. The minimum absolute atomic E-state index is 0.237. The average Bonchev–Trinajstić information content (AvgIpc) is 3.28. The molecule has 8 atom stereocenters. The molecular weight excluding hydrogens is 851 g/mol. The lowest BCUT2D eigenvalue weighted by Gasteiger charge is -2.41. The number of amides is 1. The standard InChI is InChI=1S/C51H97NO12S/c1-3-5-7-9-11-13-15-17-19-21-22-23-24-26-27-29-31-33-35-37-39-44(54)43(42-62-51-48(57)49(64-65(59,60)61)47(56)46(41-53)63-51)52-50(58)45(55)40-38-36-34-32-30-28-25-20-18-16-14-12-10-8-6-4-2/h18,20,37,39,43-49,51,53-57H,3-17,19,21-36,38,40-42H2,1-2H3,(H,52,58)(H,59,60,61)/b20-18-,39-37+. The zero-order valence-corrected chi connectivity index (χ0v) is 41.7. The first-order chi connectivity index (χ1) is 31.4. The van der Waals surface area contributed by atoms with Crippen LogP contribution in [-0.2, 0) is 28.9 Å². The lowest BCUT2D eigenvalue weighted by Crippen LogP contribution is -2.61. The van der Waals surface area contributed by atoms with Gasteiger partial charge in [-0.25, -0.2) is 4.18 Å². The van der Waals surface area contributed by atoms with Gasteiger partial charge in [0, 0.05) is 0 Å². The quantitative estimate of drug-likeness (QED) is 0.0173. The summed E-state index contributed by atoms with van der Waals surface area (Å²) in [4.78, 5) is 13.2. The molecule has 1 aliphatic heterocycles. The molecule has 1 saturated heterocycles. The molecular formula is C51H97NO12S. The first-order valence-corrected chi connectivity index (χ1v) is 27.7. The second-order valence-corrected chi connectivity index (χ2v) is 19.7. The van der Waals surface area contributed by atoms with Gasteiger partial charge in [-0.1, -0.05) is 212 Å². The third-order valence-electron chi connectivity index (χ3n) is 12.6. The van der Waals surface area contributed by atoms with Crippen LogP contribution >= 0.6 is 0 Å². The van der Waals surface area contributed by atoms with Gasteiger partial charge in [0.15, 0.2) is 6.29 Å². The maximum atomic E-state index is 13.2. The zero-order valence-electron chi connectivity index (χ0n) is 40.9. The molecule has 65 heavy (non-hydrogen) atoms. The summed E-state index contributed by atoms with van der Waals surface area (Å²) >= 11 is 0. The molecule has 0 saturated carbocycles. The fourth-order valence-corrected chi connectivity index (χ4v) is 8.91. The van der Waals surface area contributed by atoms with E-state index in [1.165, 1.54) is 135 Å². The summed E-state index contributed by atoms with van der Waals surface area (Å²) in [6, 6.07) is -1.12. The average molecular weight is 948 g/mol. The second-order valence-electron chi connectivity index (χ2n) is 18.6. The van der Waals surface area contributed by atoms with Gasteiger partial charge in [0.25, 0.3) is 0 Å². The second kappa shape index (κ2) is 41.5. The molecule has 1 fully saturated rings. The molecule has 0 aromatic heterocycles. The van der Waals surface area contributed by atoms with Crippen molar-refractivity contribution in [2.75, 3.05) is 13.2 Å². The van der Waals surface area contributed by atoms with Crippen molar-refractivity contribution in [3.8, 4) is 0 Å². The van der Waals surface area contributed by atoms with Gasteiger partial charge in [-0.3, -0.25) is 9.35 Å². The van der Waals surface area contributed by atoms with E-state index >= 15 is 0 Å². The third kappa shape index (κ3) is 33.6. The van der Waals surface area contributed by atoms with Crippen molar-refractivity contribution in [1.82, 2.24) is 5.32 Å². The molecule has 14 heteroatoms. The number of unbranched alkanes of at least 4 members (excludes halogenated alkanes) is 30. The van der Waals surface area contributed by atoms with Crippen LogP contribution in [0.4, 0.5) is 0 Å². The summed E-state index contributed by atoms with van der Waals surface area (Å²) in [5.74, 6) is -0.705. The summed E-state index contributed by atoms with van der Waals surface area (Å²) in [5.41, 5.74) is 0. The molecule has 1 amide bonds. The lowest BCUT2D eigenvalue weighted by molar-refractivity contribution is -0.298. The predicted octanol–water partition coefficient (Wildman–Crippen LogP) is 10.3. The van der Waals surface area contributed by atoms with Crippen LogP contribution in [0.1, 0.15) is 232 Å². The molecule has 13 nitrogen and oxygen atoms in total. The molecule has 7 N–H and O–H groups in total. The Kier molecular flexibility index (Phi) is 39.3. The van der Waals surface area contributed by atoms with Gasteiger partial charge in [-0.2, -0.15) is 8.42 Å². The van der Waals surface area contributed by atoms with Gasteiger partial charge in [0.1, 0.15) is 30.5 Å². The number of carbonyl (C=O) groups is 1. The first kappa shape index (κ1) is 61.6. The van der Waals surface area contributed by atoms with E-state index in [9.17, 15) is 43.3 Å². The van der Waals surface area contributed by atoms with E-state index in [0.717, 1.165) is 64.2 Å². The van der Waals surface area contributed by atoms with E-state index in [1.54, 1.807) is 6.08 Å². The number of aliphatic hydroxyl groups excluding tert-OH is 5. The summed E-state index contributed by atoms with van der Waals surface area (Å²) < 4.78 is 47.6. The Morgan fingerprint density at radius 2 is 1.02 bits per heavy atom. The molecule has 1 rings (SSSR count). The molecule has 1 aliphatic rings. The van der Waals surface area contributed by atoms with E-state index in [2.05, 4.69) is 35.5 Å². The Morgan fingerprint density at radius 1 is 0.615 bits per heavy atom. The number of ether oxygens (including phenoxy) is 2. The van der Waals surface area contributed by atoms with Crippen LogP contribution in [0.5, 0.6) is 0 Å². The van der Waals surface area contributed by atoms with Crippen LogP contribution in [0.2, 0.25) is 0 Å². The number of nitrogens with one attached hydrogen (secondary N) is 1. The summed E-state index contributed by atoms with van der Waals surface area (Å²) in [5, 5.41) is 55.4. The van der Waals surface area contributed by atoms with Gasteiger partial charge < -0.3 is 40.3 Å². The van der Waals surface area contributed by atoms with E-state index in [4.69, 9.17) is 9.47 Å². The summed E-state index contributed by atoms with van der Waals surface area (Å²) in [6.07, 6.45) is 36.8. The monoisotopic (exact) mass is 948 g/mol. The van der Waals surface area contributed by atoms with E-state index in [0.29, 0.717) is 12.8 Å². The molecule has 0 spiro atoms. The Hall–Kier alpha value is -1.46. The van der Waals surface area contributed by atoms with E-state index in [-0.39, 0.29) is 6.42 Å². The number of rotatable bonds is 45. The minimum Gasteiger partial charge on any atom is -0.394 e. The molecule has 0 bridgehead atoms. The Labute approximate surface area is 395 Å². The SMILES string of the molecule is CCCCCCCC/C=C\CCCCCCCCC(O)C(=O)NC(COC1OC(CO)C(O)C(OS(=O)(=O)O)C1O)C(O)/C=C/CCCCCCCCCCCCCCCCCCCC. The highest BCUT2D eigenvalue weighted by molar-refractivity contribution is 7.80. The molecule has 1 heterocycles. The van der Waals surface area contributed by atoms with Crippen molar-refractivity contribution in [3.63, 3.8) is 0 Å². The molecule has 0 aromatic rings. The van der Waals surface area contributed by atoms with Crippen molar-refractivity contribution in [2.45, 2.75) is 281 Å². The Bertz CT molecular complexity index is 1270.